The molecular weight excluding hydrogens is 194 g/mol. The number of aromatic nitrogens is 3. The number of hydrogen-bond acceptors (Lipinski definition) is 3. The number of aromatic amines is 2. The van der Waals surface area contributed by atoms with Gasteiger partial charge in [-0.15, -0.1) is 0 Å². The van der Waals surface area contributed by atoms with E-state index in [9.17, 15) is 9.59 Å². The van der Waals surface area contributed by atoms with Gasteiger partial charge in [0.25, 0.3) is 5.56 Å². The van der Waals surface area contributed by atoms with Crippen LogP contribution in [0, 0.1) is 0 Å². The van der Waals surface area contributed by atoms with Gasteiger partial charge in [-0.25, -0.2) is 4.98 Å². The van der Waals surface area contributed by atoms with Gasteiger partial charge < -0.3 is 9.97 Å². The molecule has 2 heterocycles. The van der Waals surface area contributed by atoms with Gasteiger partial charge in [0, 0.05) is 30.4 Å². The molecule has 0 atom stereocenters. The van der Waals surface area contributed by atoms with E-state index in [-0.39, 0.29) is 11.1 Å². The molecule has 0 amide bonds. The molecule has 5 heteroatoms. The monoisotopic (exact) mass is 203 g/mol. The average molecular weight is 203 g/mol. The van der Waals surface area contributed by atoms with Gasteiger partial charge in [-0.2, -0.15) is 0 Å². The fourth-order valence-electron chi connectivity index (χ4n) is 1.32. The normalized spacial score (nSPS) is 10.1. The van der Waals surface area contributed by atoms with Gasteiger partial charge in [-0.1, -0.05) is 0 Å². The number of nitrogens with one attached hydrogen (secondary N) is 2. The van der Waals surface area contributed by atoms with E-state index in [0.29, 0.717) is 12.0 Å². The van der Waals surface area contributed by atoms with E-state index >= 15 is 0 Å². The maximum Gasteiger partial charge on any atom is 0.254 e. The Kier molecular flexibility index (Phi) is 2.45. The molecule has 2 rings (SSSR count). The second kappa shape index (κ2) is 3.91. The summed E-state index contributed by atoms with van der Waals surface area (Å²) in [5.74, 6) is 0. The third-order valence-corrected chi connectivity index (χ3v) is 2.03. The molecule has 0 fully saturated rings. The number of rotatable bonds is 2. The first kappa shape index (κ1) is 9.39. The highest BCUT2D eigenvalue weighted by molar-refractivity contribution is 5.19. The van der Waals surface area contributed by atoms with Crippen molar-refractivity contribution < 1.29 is 0 Å². The van der Waals surface area contributed by atoms with Crippen molar-refractivity contribution in [3.05, 3.63) is 62.7 Å². The van der Waals surface area contributed by atoms with E-state index in [0.717, 1.165) is 5.56 Å². The van der Waals surface area contributed by atoms with Crippen LogP contribution in [0.15, 0.2) is 40.4 Å². The molecule has 76 valence electrons. The van der Waals surface area contributed by atoms with Crippen molar-refractivity contribution in [1.29, 1.82) is 0 Å². The summed E-state index contributed by atoms with van der Waals surface area (Å²) in [5.41, 5.74) is 0.985. The summed E-state index contributed by atoms with van der Waals surface area (Å²) in [7, 11) is 0. The fourth-order valence-corrected chi connectivity index (χ4v) is 1.32. The van der Waals surface area contributed by atoms with Gasteiger partial charge in [0.05, 0.1) is 6.33 Å². The third kappa shape index (κ3) is 2.19. The van der Waals surface area contributed by atoms with Gasteiger partial charge >= 0.3 is 0 Å². The molecular formula is C10H9N3O2. The zero-order valence-corrected chi connectivity index (χ0v) is 7.86. The van der Waals surface area contributed by atoms with Crippen molar-refractivity contribution >= 4 is 0 Å². The van der Waals surface area contributed by atoms with E-state index < -0.39 is 0 Å². The maximum atomic E-state index is 11.3. The smallest absolute Gasteiger partial charge is 0.254 e. The zero-order valence-electron chi connectivity index (χ0n) is 7.86. The minimum atomic E-state index is -0.176. The van der Waals surface area contributed by atoms with E-state index in [1.54, 1.807) is 12.3 Å². The molecule has 0 unspecified atom stereocenters. The highest BCUT2D eigenvalue weighted by Gasteiger charge is 2.01. The summed E-state index contributed by atoms with van der Waals surface area (Å²) < 4.78 is 0. The molecule has 5 nitrogen and oxygen atoms in total. The molecule has 0 bridgehead atoms. The van der Waals surface area contributed by atoms with Crippen LogP contribution < -0.4 is 11.1 Å². The lowest BCUT2D eigenvalue weighted by molar-refractivity contribution is 1.02. The van der Waals surface area contributed by atoms with Gasteiger partial charge in [-0.05, 0) is 11.6 Å². The summed E-state index contributed by atoms with van der Waals surface area (Å²) in [4.78, 5) is 31.2. The van der Waals surface area contributed by atoms with Crippen LogP contribution in [0.25, 0.3) is 0 Å². The first-order chi connectivity index (χ1) is 7.25. The third-order valence-electron chi connectivity index (χ3n) is 2.03. The molecule has 0 radical (unpaired) electrons. The summed E-state index contributed by atoms with van der Waals surface area (Å²) in [6.45, 7) is 0. The quantitative estimate of drug-likeness (QED) is 0.723. The minimum Gasteiger partial charge on any atom is -0.329 e. The number of H-pyrrole nitrogens is 2. The molecule has 2 N–H and O–H groups in total. The SMILES string of the molecule is O=c1cc(Cc2cnc[nH]c2=O)cc[nH]1. The lowest BCUT2D eigenvalue weighted by Crippen LogP contribution is -2.13. The molecule has 0 spiro atoms. The molecule has 15 heavy (non-hydrogen) atoms. The Morgan fingerprint density at radius 3 is 2.87 bits per heavy atom. The average Bonchev–Trinajstić information content (AvgIpc) is 2.22. The summed E-state index contributed by atoms with van der Waals surface area (Å²) in [5, 5.41) is 0. The van der Waals surface area contributed by atoms with Gasteiger partial charge in [0.15, 0.2) is 0 Å². The standard InChI is InChI=1S/C10H9N3O2/c14-9-4-7(1-2-12-9)3-8-5-11-6-13-10(8)15/h1-2,4-6H,3H2,(H,12,14)(H,11,13,15). The zero-order chi connectivity index (χ0) is 10.7. The van der Waals surface area contributed by atoms with E-state index in [4.69, 9.17) is 0 Å². The Balaban J connectivity index is 2.34. The predicted molar refractivity (Wildman–Crippen MR) is 54.7 cm³/mol. The molecule has 0 aromatic carbocycles. The number of nitrogens with zero attached hydrogens (tertiary/aromatic N) is 1. The lowest BCUT2D eigenvalue weighted by atomic mass is 10.1. The van der Waals surface area contributed by atoms with E-state index in [2.05, 4.69) is 15.0 Å². The molecule has 0 aliphatic heterocycles. The predicted octanol–water partition coefficient (Wildman–Crippen LogP) is 0.0490. The second-order valence-corrected chi connectivity index (χ2v) is 3.14. The lowest BCUT2D eigenvalue weighted by Gasteiger charge is -1.98. The van der Waals surface area contributed by atoms with Crippen molar-refractivity contribution in [1.82, 2.24) is 15.0 Å². The van der Waals surface area contributed by atoms with Crippen LogP contribution in [-0.4, -0.2) is 15.0 Å². The van der Waals surface area contributed by atoms with E-state index in [1.807, 2.05) is 0 Å². The van der Waals surface area contributed by atoms with E-state index in [1.165, 1.54) is 18.6 Å². The van der Waals surface area contributed by atoms with Crippen LogP contribution >= 0.6 is 0 Å². The number of hydrogen-bond donors (Lipinski definition) is 2. The topological polar surface area (TPSA) is 78.6 Å². The van der Waals surface area contributed by atoms with Crippen molar-refractivity contribution in [2.24, 2.45) is 0 Å². The van der Waals surface area contributed by atoms with Crippen LogP contribution in [0.1, 0.15) is 11.1 Å². The van der Waals surface area contributed by atoms with Crippen molar-refractivity contribution in [3.63, 3.8) is 0 Å². The molecule has 0 aliphatic carbocycles. The Bertz CT molecular complexity index is 571. The molecule has 2 aromatic rings. The number of pyridine rings is 1. The minimum absolute atomic E-state index is 0.173. The van der Waals surface area contributed by atoms with Crippen molar-refractivity contribution in [2.45, 2.75) is 6.42 Å². The first-order valence-corrected chi connectivity index (χ1v) is 4.45. The molecule has 0 aliphatic rings. The summed E-state index contributed by atoms with van der Waals surface area (Å²) >= 11 is 0. The van der Waals surface area contributed by atoms with Gasteiger partial charge in [0.1, 0.15) is 0 Å². The Morgan fingerprint density at radius 2 is 2.13 bits per heavy atom. The molecule has 0 saturated heterocycles. The highest BCUT2D eigenvalue weighted by Crippen LogP contribution is 2.00. The maximum absolute atomic E-state index is 11.3. The second-order valence-electron chi connectivity index (χ2n) is 3.14. The van der Waals surface area contributed by atoms with Crippen molar-refractivity contribution in [2.75, 3.05) is 0 Å². The fraction of sp³-hybridized carbons (Fsp3) is 0.100. The van der Waals surface area contributed by atoms with Crippen LogP contribution in [0.4, 0.5) is 0 Å². The van der Waals surface area contributed by atoms with Crippen LogP contribution in [0.3, 0.4) is 0 Å². The Hall–Kier alpha value is -2.17. The van der Waals surface area contributed by atoms with Crippen LogP contribution in [0.2, 0.25) is 0 Å². The molecule has 0 saturated carbocycles. The summed E-state index contributed by atoms with van der Waals surface area (Å²) in [6.07, 6.45) is 4.80. The highest BCUT2D eigenvalue weighted by atomic mass is 16.1. The van der Waals surface area contributed by atoms with Crippen molar-refractivity contribution in [3.8, 4) is 0 Å². The largest absolute Gasteiger partial charge is 0.329 e. The van der Waals surface area contributed by atoms with Crippen LogP contribution in [-0.2, 0) is 6.42 Å². The Labute approximate surface area is 84.8 Å². The molecule has 2 aromatic heterocycles. The van der Waals surface area contributed by atoms with Gasteiger partial charge in [-0.3, -0.25) is 9.59 Å². The Morgan fingerprint density at radius 1 is 1.27 bits per heavy atom. The first-order valence-electron chi connectivity index (χ1n) is 4.45. The van der Waals surface area contributed by atoms with Gasteiger partial charge in [0.2, 0.25) is 5.56 Å². The van der Waals surface area contributed by atoms with Crippen LogP contribution in [0.5, 0.6) is 0 Å². The summed E-state index contributed by atoms with van der Waals surface area (Å²) in [6, 6.07) is 3.22.